The molecule has 0 bridgehead atoms. The summed E-state index contributed by atoms with van der Waals surface area (Å²) in [6, 6.07) is 16.0. The number of hydrogen-bond acceptors (Lipinski definition) is 6. The molecule has 4 heterocycles. The standard InChI is InChI=1S/C28H29N3O3S/c32-24(16-18-8-9-18)25-17-19-10-13-31(23-6-2-1-4-21(23)27(19)35-25)28(33)22-5-3-7-26(30-22)29-20-11-14-34-15-12-20/h1-7,17-18,20H,8-16H2,(H,29,30). The van der Waals surface area contributed by atoms with Crippen LogP contribution in [0.25, 0.3) is 10.4 Å². The second kappa shape index (κ2) is 9.55. The first-order valence-electron chi connectivity index (χ1n) is 12.5. The van der Waals surface area contributed by atoms with Gasteiger partial charge >= 0.3 is 0 Å². The van der Waals surface area contributed by atoms with E-state index in [2.05, 4.69) is 22.4 Å². The Morgan fingerprint density at radius 3 is 2.71 bits per heavy atom. The molecule has 1 N–H and O–H groups in total. The maximum absolute atomic E-state index is 13.7. The average molecular weight is 488 g/mol. The van der Waals surface area contributed by atoms with Gasteiger partial charge in [0, 0.05) is 42.7 Å². The fraction of sp³-hybridized carbons (Fsp3) is 0.393. The third-order valence-electron chi connectivity index (χ3n) is 7.09. The van der Waals surface area contributed by atoms with Crippen LogP contribution < -0.4 is 10.2 Å². The fourth-order valence-electron chi connectivity index (χ4n) is 4.95. The number of nitrogens with zero attached hydrogens (tertiary/aromatic N) is 2. The van der Waals surface area contributed by atoms with Gasteiger partial charge in [-0.3, -0.25) is 9.59 Å². The number of anilines is 2. The van der Waals surface area contributed by atoms with Crippen LogP contribution in [0.5, 0.6) is 0 Å². The molecule has 1 saturated carbocycles. The van der Waals surface area contributed by atoms with Crippen molar-refractivity contribution in [1.82, 2.24) is 4.98 Å². The Morgan fingerprint density at radius 2 is 1.89 bits per heavy atom. The first kappa shape index (κ1) is 22.4. The molecule has 6 nitrogen and oxygen atoms in total. The number of amides is 1. The maximum atomic E-state index is 13.7. The van der Waals surface area contributed by atoms with Gasteiger partial charge in [0.2, 0.25) is 0 Å². The third-order valence-corrected chi connectivity index (χ3v) is 8.34. The predicted molar refractivity (Wildman–Crippen MR) is 139 cm³/mol. The van der Waals surface area contributed by atoms with E-state index in [-0.39, 0.29) is 11.7 Å². The number of pyridine rings is 1. The second-order valence-corrected chi connectivity index (χ2v) is 10.8. The van der Waals surface area contributed by atoms with Gasteiger partial charge in [-0.2, -0.15) is 0 Å². The first-order chi connectivity index (χ1) is 17.2. The highest BCUT2D eigenvalue weighted by molar-refractivity contribution is 7.17. The van der Waals surface area contributed by atoms with E-state index in [0.717, 1.165) is 58.4 Å². The van der Waals surface area contributed by atoms with Crippen LogP contribution >= 0.6 is 11.3 Å². The molecule has 3 aliphatic rings. The lowest BCUT2D eigenvalue weighted by Gasteiger charge is -2.25. The molecule has 1 aromatic carbocycles. The molecule has 1 aliphatic carbocycles. The van der Waals surface area contributed by atoms with Crippen molar-refractivity contribution in [3.8, 4) is 10.4 Å². The minimum Gasteiger partial charge on any atom is -0.381 e. The average Bonchev–Trinajstić information content (AvgIpc) is 3.63. The van der Waals surface area contributed by atoms with Crippen molar-refractivity contribution in [2.75, 3.05) is 30.0 Å². The summed E-state index contributed by atoms with van der Waals surface area (Å²) in [5.74, 6) is 1.46. The number of rotatable bonds is 6. The van der Waals surface area contributed by atoms with Gasteiger partial charge in [0.1, 0.15) is 11.5 Å². The summed E-state index contributed by atoms with van der Waals surface area (Å²) in [6.45, 7) is 2.05. The summed E-state index contributed by atoms with van der Waals surface area (Å²) in [4.78, 5) is 34.9. The number of benzene rings is 1. The lowest BCUT2D eigenvalue weighted by Crippen LogP contribution is -2.33. The first-order valence-corrected chi connectivity index (χ1v) is 13.4. The molecule has 35 heavy (non-hydrogen) atoms. The number of carbonyl (C=O) groups excluding carboxylic acids is 2. The van der Waals surface area contributed by atoms with Gasteiger partial charge in [-0.25, -0.2) is 4.98 Å². The Balaban J connectivity index is 1.27. The second-order valence-electron chi connectivity index (χ2n) is 9.70. The lowest BCUT2D eigenvalue weighted by molar-refractivity contribution is 0.0903. The fourth-order valence-corrected chi connectivity index (χ4v) is 6.15. The Hall–Kier alpha value is -3.03. The topological polar surface area (TPSA) is 71.5 Å². The minimum atomic E-state index is -0.103. The van der Waals surface area contributed by atoms with Crippen LogP contribution in [0.3, 0.4) is 0 Å². The van der Waals surface area contributed by atoms with E-state index in [9.17, 15) is 9.59 Å². The van der Waals surface area contributed by atoms with Crippen LogP contribution in [-0.2, 0) is 11.2 Å². The van der Waals surface area contributed by atoms with E-state index in [1.165, 1.54) is 12.8 Å². The molecule has 1 saturated heterocycles. The number of Topliss-reactive ketones (excluding diaryl/α,β-unsaturated/α-hetero) is 1. The molecular formula is C28H29N3O3S. The van der Waals surface area contributed by atoms with E-state index in [1.807, 2.05) is 35.2 Å². The summed E-state index contributed by atoms with van der Waals surface area (Å²) in [5.41, 5.74) is 3.48. The quantitative estimate of drug-likeness (QED) is 0.459. The van der Waals surface area contributed by atoms with Gasteiger partial charge in [-0.1, -0.05) is 24.3 Å². The van der Waals surface area contributed by atoms with E-state index in [4.69, 9.17) is 4.74 Å². The van der Waals surface area contributed by atoms with Gasteiger partial charge in [0.25, 0.3) is 5.91 Å². The molecule has 0 spiro atoms. The monoisotopic (exact) mass is 487 g/mol. The molecule has 2 aromatic heterocycles. The highest BCUT2D eigenvalue weighted by Crippen LogP contribution is 2.43. The molecule has 7 heteroatoms. The normalized spacial score (nSPS) is 17.9. The SMILES string of the molecule is O=C(CC1CC1)c1cc2c(s1)-c1ccccc1N(C(=O)c1cccc(NC3CCOCC3)n1)CC2. The summed E-state index contributed by atoms with van der Waals surface area (Å²) in [5, 5.41) is 3.46. The summed E-state index contributed by atoms with van der Waals surface area (Å²) >= 11 is 1.58. The molecule has 0 atom stereocenters. The van der Waals surface area contributed by atoms with E-state index < -0.39 is 0 Å². The molecule has 1 amide bonds. The largest absolute Gasteiger partial charge is 0.381 e. The van der Waals surface area contributed by atoms with Crippen LogP contribution in [0.2, 0.25) is 0 Å². The van der Waals surface area contributed by atoms with Crippen molar-refractivity contribution in [2.24, 2.45) is 5.92 Å². The number of fused-ring (bicyclic) bond motifs is 3. The van der Waals surface area contributed by atoms with Gasteiger partial charge in [-0.15, -0.1) is 11.3 Å². The number of ether oxygens (including phenoxy) is 1. The van der Waals surface area contributed by atoms with Crippen molar-refractivity contribution in [3.63, 3.8) is 0 Å². The van der Waals surface area contributed by atoms with E-state index >= 15 is 0 Å². The zero-order chi connectivity index (χ0) is 23.8. The maximum Gasteiger partial charge on any atom is 0.276 e. The van der Waals surface area contributed by atoms with Crippen LogP contribution in [0.4, 0.5) is 11.5 Å². The molecular weight excluding hydrogens is 458 g/mol. The highest BCUT2D eigenvalue weighted by Gasteiger charge is 2.30. The minimum absolute atomic E-state index is 0.103. The molecule has 3 aromatic rings. The molecule has 2 fully saturated rings. The number of carbonyl (C=O) groups is 2. The molecule has 0 radical (unpaired) electrons. The van der Waals surface area contributed by atoms with Crippen molar-refractivity contribution < 1.29 is 14.3 Å². The van der Waals surface area contributed by atoms with Crippen molar-refractivity contribution >= 4 is 34.5 Å². The number of para-hydroxylation sites is 1. The lowest BCUT2D eigenvalue weighted by atomic mass is 10.1. The Labute approximate surface area is 209 Å². The molecule has 6 rings (SSSR count). The summed E-state index contributed by atoms with van der Waals surface area (Å²) in [7, 11) is 0. The smallest absolute Gasteiger partial charge is 0.276 e. The highest BCUT2D eigenvalue weighted by atomic mass is 32.1. The molecule has 0 unspecified atom stereocenters. The molecule has 2 aliphatic heterocycles. The van der Waals surface area contributed by atoms with Gasteiger partial charge in [0.05, 0.1) is 10.6 Å². The van der Waals surface area contributed by atoms with Gasteiger partial charge in [-0.05, 0) is 67.9 Å². The van der Waals surface area contributed by atoms with E-state index in [0.29, 0.717) is 37.0 Å². The Kier molecular flexibility index (Phi) is 6.12. The number of aromatic nitrogens is 1. The number of thiophene rings is 1. The summed E-state index contributed by atoms with van der Waals surface area (Å²) < 4.78 is 5.44. The van der Waals surface area contributed by atoms with Crippen LogP contribution in [0, 0.1) is 5.92 Å². The van der Waals surface area contributed by atoms with Crippen LogP contribution in [0.1, 0.15) is 57.8 Å². The van der Waals surface area contributed by atoms with Gasteiger partial charge < -0.3 is 15.0 Å². The van der Waals surface area contributed by atoms with Gasteiger partial charge in [0.15, 0.2) is 5.78 Å². The Bertz CT molecular complexity index is 1260. The van der Waals surface area contributed by atoms with E-state index in [1.54, 1.807) is 17.4 Å². The number of hydrogen-bond donors (Lipinski definition) is 1. The molecule has 180 valence electrons. The van der Waals surface area contributed by atoms with Crippen LogP contribution in [-0.4, -0.2) is 42.5 Å². The Morgan fingerprint density at radius 1 is 1.06 bits per heavy atom. The van der Waals surface area contributed by atoms with Crippen molar-refractivity contribution in [2.45, 2.75) is 44.6 Å². The zero-order valence-corrected chi connectivity index (χ0v) is 20.5. The predicted octanol–water partition coefficient (Wildman–Crippen LogP) is 5.59. The number of nitrogens with one attached hydrogen (secondary N) is 1. The van der Waals surface area contributed by atoms with Crippen molar-refractivity contribution in [1.29, 1.82) is 0 Å². The van der Waals surface area contributed by atoms with Crippen LogP contribution in [0.15, 0.2) is 48.5 Å². The third kappa shape index (κ3) is 4.75. The summed E-state index contributed by atoms with van der Waals surface area (Å²) in [6.07, 6.45) is 5.60. The number of ketones is 1. The van der Waals surface area contributed by atoms with Crippen molar-refractivity contribution in [3.05, 3.63) is 64.7 Å². The zero-order valence-electron chi connectivity index (χ0n) is 19.7.